The molecule has 0 amide bonds. The first-order chi connectivity index (χ1) is 8.56. The van der Waals surface area contributed by atoms with Crippen LogP contribution in [0.15, 0.2) is 36.4 Å². The van der Waals surface area contributed by atoms with Crippen LogP contribution in [0.2, 0.25) is 5.02 Å². The van der Waals surface area contributed by atoms with Gasteiger partial charge in [-0.3, -0.25) is 0 Å². The summed E-state index contributed by atoms with van der Waals surface area (Å²) in [6, 6.07) is 8.41. The van der Waals surface area contributed by atoms with E-state index in [0.717, 1.165) is 6.07 Å². The molecule has 0 atom stereocenters. The fourth-order valence-electron chi connectivity index (χ4n) is 1.42. The van der Waals surface area contributed by atoms with Crippen molar-refractivity contribution in [1.82, 2.24) is 0 Å². The van der Waals surface area contributed by atoms with Crippen LogP contribution in [0.5, 0.6) is 5.75 Å². The highest BCUT2D eigenvalue weighted by atomic mass is 35.5. The number of anilines is 1. The molecule has 18 heavy (non-hydrogen) atoms. The van der Waals surface area contributed by atoms with E-state index in [2.05, 4.69) is 0 Å². The van der Waals surface area contributed by atoms with Gasteiger partial charge in [-0.05, 0) is 29.8 Å². The third-order valence-electron chi connectivity index (χ3n) is 2.33. The normalized spacial score (nSPS) is 10.4. The number of ether oxygens (including phenoxy) is 1. The van der Waals surface area contributed by atoms with Gasteiger partial charge in [0, 0.05) is 11.8 Å². The molecular weight excluding hydrogens is 260 g/mol. The van der Waals surface area contributed by atoms with E-state index in [0.29, 0.717) is 11.3 Å². The number of halogens is 3. The molecule has 2 N–H and O–H groups in total. The van der Waals surface area contributed by atoms with Crippen LogP contribution in [0, 0.1) is 11.6 Å². The summed E-state index contributed by atoms with van der Waals surface area (Å²) in [5.74, 6) is -1.01. The molecule has 0 radical (unpaired) electrons. The third-order valence-corrected chi connectivity index (χ3v) is 2.64. The van der Waals surface area contributed by atoms with Crippen molar-refractivity contribution in [1.29, 1.82) is 0 Å². The van der Waals surface area contributed by atoms with Crippen LogP contribution in [0.3, 0.4) is 0 Å². The molecule has 0 aliphatic carbocycles. The third kappa shape index (κ3) is 2.90. The molecule has 94 valence electrons. The quantitative estimate of drug-likeness (QED) is 0.861. The van der Waals surface area contributed by atoms with Gasteiger partial charge in [0.05, 0.1) is 5.02 Å². The first kappa shape index (κ1) is 12.6. The van der Waals surface area contributed by atoms with E-state index in [-0.39, 0.29) is 17.4 Å². The lowest BCUT2D eigenvalue weighted by Gasteiger charge is -2.08. The van der Waals surface area contributed by atoms with Crippen LogP contribution in [-0.2, 0) is 6.61 Å². The molecule has 0 saturated heterocycles. The SMILES string of the molecule is Nc1ccc(OCc2ccc(Cl)c(F)c2)c(F)c1. The lowest BCUT2D eigenvalue weighted by atomic mass is 10.2. The Morgan fingerprint density at radius 1 is 1.06 bits per heavy atom. The summed E-state index contributed by atoms with van der Waals surface area (Å²) in [7, 11) is 0. The van der Waals surface area contributed by atoms with Gasteiger partial charge in [0.1, 0.15) is 12.4 Å². The number of benzene rings is 2. The molecular formula is C13H10ClF2NO. The summed E-state index contributed by atoms with van der Waals surface area (Å²) in [4.78, 5) is 0. The molecule has 0 fully saturated rings. The van der Waals surface area contributed by atoms with Gasteiger partial charge < -0.3 is 10.5 Å². The summed E-state index contributed by atoms with van der Waals surface area (Å²) in [5.41, 5.74) is 6.29. The van der Waals surface area contributed by atoms with Crippen LogP contribution < -0.4 is 10.5 Å². The second-order valence-corrected chi connectivity index (χ2v) is 4.13. The van der Waals surface area contributed by atoms with Crippen molar-refractivity contribution in [3.05, 3.63) is 58.6 Å². The van der Waals surface area contributed by atoms with E-state index in [1.165, 1.54) is 24.3 Å². The molecule has 0 unspecified atom stereocenters. The highest BCUT2D eigenvalue weighted by Gasteiger charge is 2.05. The Morgan fingerprint density at radius 2 is 1.83 bits per heavy atom. The molecule has 5 heteroatoms. The molecule has 2 nitrogen and oxygen atoms in total. The fourth-order valence-corrected chi connectivity index (χ4v) is 1.54. The average Bonchev–Trinajstić information content (AvgIpc) is 2.32. The van der Waals surface area contributed by atoms with E-state index >= 15 is 0 Å². The summed E-state index contributed by atoms with van der Waals surface area (Å²) in [5, 5.41) is 0.0393. The molecule has 0 aromatic heterocycles. The maximum absolute atomic E-state index is 13.4. The van der Waals surface area contributed by atoms with Gasteiger partial charge in [0.2, 0.25) is 0 Å². The number of nitrogen functional groups attached to an aromatic ring is 1. The molecule has 0 saturated carbocycles. The van der Waals surface area contributed by atoms with E-state index < -0.39 is 11.6 Å². The summed E-state index contributed by atoms with van der Waals surface area (Å²) in [6.45, 7) is 0.0505. The topological polar surface area (TPSA) is 35.2 Å². The number of rotatable bonds is 3. The minimum Gasteiger partial charge on any atom is -0.486 e. The van der Waals surface area contributed by atoms with Gasteiger partial charge in [0.15, 0.2) is 11.6 Å². The van der Waals surface area contributed by atoms with E-state index in [1.807, 2.05) is 0 Å². The summed E-state index contributed by atoms with van der Waals surface area (Å²) in [6.07, 6.45) is 0. The summed E-state index contributed by atoms with van der Waals surface area (Å²) >= 11 is 5.55. The zero-order valence-electron chi connectivity index (χ0n) is 9.29. The Kier molecular flexibility index (Phi) is 3.67. The van der Waals surface area contributed by atoms with Crippen molar-refractivity contribution in [2.24, 2.45) is 0 Å². The zero-order chi connectivity index (χ0) is 13.1. The van der Waals surface area contributed by atoms with Crippen molar-refractivity contribution < 1.29 is 13.5 Å². The van der Waals surface area contributed by atoms with Crippen LogP contribution in [0.4, 0.5) is 14.5 Å². The highest BCUT2D eigenvalue weighted by molar-refractivity contribution is 6.30. The molecule has 0 aliphatic rings. The maximum atomic E-state index is 13.4. The highest BCUT2D eigenvalue weighted by Crippen LogP contribution is 2.21. The molecule has 0 heterocycles. The van der Waals surface area contributed by atoms with Gasteiger partial charge in [-0.1, -0.05) is 17.7 Å². The van der Waals surface area contributed by atoms with Crippen molar-refractivity contribution in [3.63, 3.8) is 0 Å². The second kappa shape index (κ2) is 5.23. The van der Waals surface area contributed by atoms with Gasteiger partial charge in [-0.2, -0.15) is 0 Å². The monoisotopic (exact) mass is 269 g/mol. The smallest absolute Gasteiger partial charge is 0.167 e. The maximum Gasteiger partial charge on any atom is 0.167 e. The van der Waals surface area contributed by atoms with Gasteiger partial charge in [0.25, 0.3) is 0 Å². The van der Waals surface area contributed by atoms with E-state index in [1.54, 1.807) is 6.07 Å². The lowest BCUT2D eigenvalue weighted by molar-refractivity contribution is 0.290. The average molecular weight is 270 g/mol. The minimum absolute atomic E-state index is 0.0393. The van der Waals surface area contributed by atoms with Gasteiger partial charge >= 0.3 is 0 Å². The zero-order valence-corrected chi connectivity index (χ0v) is 10.0. The van der Waals surface area contributed by atoms with E-state index in [4.69, 9.17) is 22.1 Å². The Morgan fingerprint density at radius 3 is 2.50 bits per heavy atom. The Labute approximate surface area is 108 Å². The first-order valence-electron chi connectivity index (χ1n) is 5.18. The van der Waals surface area contributed by atoms with Crippen molar-refractivity contribution in [2.45, 2.75) is 6.61 Å². The van der Waals surface area contributed by atoms with Gasteiger partial charge in [-0.15, -0.1) is 0 Å². The standard InChI is InChI=1S/C13H10ClF2NO/c14-10-3-1-8(5-11(10)15)7-18-13-4-2-9(17)6-12(13)16/h1-6H,7,17H2. The Balaban J connectivity index is 2.09. The number of nitrogens with two attached hydrogens (primary N) is 1. The van der Waals surface area contributed by atoms with Gasteiger partial charge in [-0.25, -0.2) is 8.78 Å². The van der Waals surface area contributed by atoms with Crippen LogP contribution >= 0.6 is 11.6 Å². The van der Waals surface area contributed by atoms with Crippen molar-refractivity contribution in [2.75, 3.05) is 5.73 Å². The van der Waals surface area contributed by atoms with Crippen LogP contribution in [0.25, 0.3) is 0 Å². The van der Waals surface area contributed by atoms with Crippen molar-refractivity contribution >= 4 is 17.3 Å². The van der Waals surface area contributed by atoms with Crippen molar-refractivity contribution in [3.8, 4) is 5.75 Å². The fraction of sp³-hybridized carbons (Fsp3) is 0.0769. The first-order valence-corrected chi connectivity index (χ1v) is 5.56. The Bertz CT molecular complexity index is 575. The predicted octanol–water partition coefficient (Wildman–Crippen LogP) is 3.78. The molecule has 0 aliphatic heterocycles. The molecule has 2 aromatic carbocycles. The molecule has 2 aromatic rings. The van der Waals surface area contributed by atoms with Crippen LogP contribution in [-0.4, -0.2) is 0 Å². The Hall–Kier alpha value is -1.81. The lowest BCUT2D eigenvalue weighted by Crippen LogP contribution is -1.98. The van der Waals surface area contributed by atoms with E-state index in [9.17, 15) is 8.78 Å². The number of hydrogen-bond donors (Lipinski definition) is 1. The molecule has 2 rings (SSSR count). The minimum atomic E-state index is -0.551. The molecule has 0 spiro atoms. The largest absolute Gasteiger partial charge is 0.486 e. The summed E-state index contributed by atoms with van der Waals surface area (Å²) < 4.78 is 31.8. The van der Waals surface area contributed by atoms with Crippen LogP contribution in [0.1, 0.15) is 5.56 Å². The predicted molar refractivity (Wildman–Crippen MR) is 66.6 cm³/mol. The second-order valence-electron chi connectivity index (χ2n) is 3.73. The number of hydrogen-bond acceptors (Lipinski definition) is 2. The molecule has 0 bridgehead atoms.